The van der Waals surface area contributed by atoms with E-state index in [9.17, 15) is 79.4 Å². The zero-order valence-electron chi connectivity index (χ0n) is 20.1. The van der Waals surface area contributed by atoms with E-state index in [2.05, 4.69) is 11.3 Å². The van der Waals surface area contributed by atoms with Crippen molar-refractivity contribution in [2.24, 2.45) is 0 Å². The van der Waals surface area contributed by atoms with Crippen LogP contribution in [0.3, 0.4) is 0 Å². The van der Waals surface area contributed by atoms with Gasteiger partial charge in [-0.25, -0.2) is 4.79 Å². The van der Waals surface area contributed by atoms with Gasteiger partial charge in [0.2, 0.25) is 0 Å². The molecule has 2 nitrogen and oxygen atoms in total. The van der Waals surface area contributed by atoms with Crippen LogP contribution in [0.15, 0.2) is 12.7 Å². The Balaban J connectivity index is 5.29. The molecular formula is C21H23F17O2. The first-order valence-corrected chi connectivity index (χ1v) is 11.2. The smallest absolute Gasteiger partial charge is 0.460 e. The number of unbranched alkanes of at least 4 members (excludes halogenated alkanes) is 7. The summed E-state index contributed by atoms with van der Waals surface area (Å²) in [7, 11) is 0. The summed E-state index contributed by atoms with van der Waals surface area (Å²) in [6.07, 6.45) is -8.57. The van der Waals surface area contributed by atoms with Gasteiger partial charge in [0, 0.05) is 12.5 Å². The molecule has 0 aromatic carbocycles. The van der Waals surface area contributed by atoms with Crippen molar-refractivity contribution in [1.29, 1.82) is 0 Å². The van der Waals surface area contributed by atoms with Crippen LogP contribution in [-0.2, 0) is 9.53 Å². The highest BCUT2D eigenvalue weighted by Crippen LogP contribution is 2.64. The Bertz CT molecular complexity index is 834. The van der Waals surface area contributed by atoms with Crippen molar-refractivity contribution in [3.05, 3.63) is 12.7 Å². The van der Waals surface area contributed by atoms with Crippen LogP contribution in [0.5, 0.6) is 0 Å². The molecule has 0 aliphatic heterocycles. The van der Waals surface area contributed by atoms with E-state index >= 15 is 0 Å². The maximum absolute atomic E-state index is 13.8. The van der Waals surface area contributed by atoms with E-state index < -0.39 is 72.9 Å². The first kappa shape index (κ1) is 38.0. The van der Waals surface area contributed by atoms with Gasteiger partial charge in [0.25, 0.3) is 0 Å². The van der Waals surface area contributed by atoms with Crippen LogP contribution >= 0.6 is 0 Å². The van der Waals surface area contributed by atoms with E-state index in [1.54, 1.807) is 0 Å². The highest BCUT2D eigenvalue weighted by atomic mass is 19.4. The third-order valence-electron chi connectivity index (χ3n) is 5.58. The molecule has 0 heterocycles. The highest BCUT2D eigenvalue weighted by Gasteiger charge is 2.95. The predicted octanol–water partition coefficient (Wildman–Crippen LogP) is 9.24. The van der Waals surface area contributed by atoms with Gasteiger partial charge in [0.1, 0.15) is 0 Å². The topological polar surface area (TPSA) is 26.3 Å². The Hall–Kier alpha value is -1.98. The van der Waals surface area contributed by atoms with Gasteiger partial charge < -0.3 is 4.74 Å². The maximum atomic E-state index is 13.8. The van der Waals surface area contributed by atoms with Crippen molar-refractivity contribution in [3.8, 4) is 0 Å². The lowest BCUT2D eigenvalue weighted by Gasteiger charge is -2.42. The molecule has 0 aliphatic rings. The first-order valence-electron chi connectivity index (χ1n) is 11.2. The molecule has 0 saturated heterocycles. The summed E-state index contributed by atoms with van der Waals surface area (Å²) in [4.78, 5) is 10.8. The number of carbonyl (C=O) groups excluding carboxylic acids is 1. The fourth-order valence-corrected chi connectivity index (χ4v) is 3.09. The summed E-state index contributed by atoms with van der Waals surface area (Å²) in [5.74, 6) is -56.6. The molecule has 0 spiro atoms. The van der Waals surface area contributed by atoms with Gasteiger partial charge in [-0.05, 0) is 12.8 Å². The Kier molecular flexibility index (Phi) is 12.3. The van der Waals surface area contributed by atoms with Crippen LogP contribution in [0.4, 0.5) is 74.6 Å². The molecule has 0 unspecified atom stereocenters. The number of ether oxygens (including phenoxy) is 1. The van der Waals surface area contributed by atoms with E-state index in [1.165, 1.54) is 0 Å². The van der Waals surface area contributed by atoms with Gasteiger partial charge in [0.15, 0.2) is 0 Å². The second-order valence-corrected chi connectivity index (χ2v) is 8.60. The van der Waals surface area contributed by atoms with Crippen molar-refractivity contribution in [2.75, 3.05) is 6.61 Å². The number of halogens is 17. The second-order valence-electron chi connectivity index (χ2n) is 8.60. The van der Waals surface area contributed by atoms with E-state index in [4.69, 9.17) is 0 Å². The molecule has 0 N–H and O–H groups in total. The van der Waals surface area contributed by atoms with E-state index in [1.807, 2.05) is 0 Å². The number of carbonyl (C=O) groups is 1. The molecule has 0 radical (unpaired) electrons. The van der Waals surface area contributed by atoms with Crippen molar-refractivity contribution in [2.45, 2.75) is 105 Å². The number of esters is 1. The average Bonchev–Trinajstić information content (AvgIpc) is 2.80. The molecule has 19 heteroatoms. The Morgan fingerprint density at radius 2 is 0.825 bits per heavy atom. The van der Waals surface area contributed by atoms with E-state index in [0.29, 0.717) is 25.7 Å². The van der Waals surface area contributed by atoms with Gasteiger partial charge >= 0.3 is 53.6 Å². The lowest BCUT2D eigenvalue weighted by atomic mass is 9.87. The van der Waals surface area contributed by atoms with Crippen LogP contribution in [-0.4, -0.2) is 60.2 Å². The predicted molar refractivity (Wildman–Crippen MR) is 103 cm³/mol. The Labute approximate surface area is 215 Å². The molecule has 40 heavy (non-hydrogen) atoms. The second kappa shape index (κ2) is 12.9. The van der Waals surface area contributed by atoms with Crippen LogP contribution in [0, 0.1) is 0 Å². The van der Waals surface area contributed by atoms with Gasteiger partial charge in [-0.1, -0.05) is 45.1 Å². The van der Waals surface area contributed by atoms with Crippen molar-refractivity contribution in [3.63, 3.8) is 0 Å². The standard InChI is InChI=1S/C21H23F17O2/c1-2-13(39)40-12-10-8-6-4-3-5-7-9-11-14(22,23)15(24,25)16(26,27)17(28,29)18(30,31)19(32,33)20(34,35)21(36,37)38/h2H,1,3-12H2. The SMILES string of the molecule is C=CC(=O)OCCCCCCCCCCC(F)(F)C(F)(F)C(F)(F)C(F)(F)C(F)(F)C(F)(F)C(F)(F)C(F)(F)F. The Morgan fingerprint density at radius 1 is 0.500 bits per heavy atom. The van der Waals surface area contributed by atoms with Crippen LogP contribution < -0.4 is 0 Å². The minimum Gasteiger partial charge on any atom is -0.463 e. The van der Waals surface area contributed by atoms with Crippen LogP contribution in [0.2, 0.25) is 0 Å². The number of alkyl halides is 17. The van der Waals surface area contributed by atoms with Gasteiger partial charge in [-0.3, -0.25) is 0 Å². The minimum atomic E-state index is -8.60. The molecule has 0 fully saturated rings. The van der Waals surface area contributed by atoms with E-state index in [-0.39, 0.29) is 19.4 Å². The summed E-state index contributed by atoms with van der Waals surface area (Å²) in [5.41, 5.74) is 0. The summed E-state index contributed by atoms with van der Waals surface area (Å²) >= 11 is 0. The van der Waals surface area contributed by atoms with Gasteiger partial charge in [-0.2, -0.15) is 74.6 Å². The fourth-order valence-electron chi connectivity index (χ4n) is 3.09. The molecule has 0 aromatic rings. The van der Waals surface area contributed by atoms with Crippen molar-refractivity contribution >= 4 is 5.97 Å². The summed E-state index contributed by atoms with van der Waals surface area (Å²) in [6.45, 7) is 3.23. The summed E-state index contributed by atoms with van der Waals surface area (Å²) in [5, 5.41) is 0. The van der Waals surface area contributed by atoms with Crippen LogP contribution in [0.1, 0.15) is 57.8 Å². The third-order valence-corrected chi connectivity index (χ3v) is 5.58. The molecule has 0 bridgehead atoms. The quantitative estimate of drug-likeness (QED) is 0.0654. The first-order chi connectivity index (χ1) is 17.7. The molecular weight excluding hydrogens is 607 g/mol. The maximum Gasteiger partial charge on any atom is 0.460 e. The lowest BCUT2D eigenvalue weighted by molar-refractivity contribution is -0.461. The number of hydrogen-bond acceptors (Lipinski definition) is 2. The molecule has 0 aliphatic carbocycles. The lowest BCUT2D eigenvalue weighted by Crippen LogP contribution is -2.74. The highest BCUT2D eigenvalue weighted by molar-refractivity contribution is 5.81. The third kappa shape index (κ3) is 7.26. The fraction of sp³-hybridized carbons (Fsp3) is 0.857. The summed E-state index contributed by atoms with van der Waals surface area (Å²) < 4.78 is 229. The monoisotopic (exact) mass is 630 g/mol. The van der Waals surface area contributed by atoms with Crippen LogP contribution in [0.25, 0.3) is 0 Å². The van der Waals surface area contributed by atoms with E-state index in [0.717, 1.165) is 6.08 Å². The normalized spacial score (nSPS) is 14.8. The number of rotatable bonds is 18. The van der Waals surface area contributed by atoms with Crippen molar-refractivity contribution < 1.29 is 84.2 Å². The number of hydrogen-bond donors (Lipinski definition) is 0. The molecule has 0 amide bonds. The van der Waals surface area contributed by atoms with Crippen molar-refractivity contribution in [1.82, 2.24) is 0 Å². The van der Waals surface area contributed by atoms with Gasteiger partial charge in [0.05, 0.1) is 6.61 Å². The summed E-state index contributed by atoms with van der Waals surface area (Å²) in [6, 6.07) is 0. The minimum absolute atomic E-state index is 0.00350. The molecule has 238 valence electrons. The molecule has 0 atom stereocenters. The Morgan fingerprint density at radius 3 is 1.20 bits per heavy atom. The van der Waals surface area contributed by atoms with Gasteiger partial charge in [-0.15, -0.1) is 0 Å². The zero-order valence-corrected chi connectivity index (χ0v) is 20.1. The molecule has 0 aromatic heterocycles. The largest absolute Gasteiger partial charge is 0.463 e. The average molecular weight is 630 g/mol. The zero-order chi connectivity index (χ0) is 32.1. The molecule has 0 rings (SSSR count). The molecule has 0 saturated carbocycles.